The van der Waals surface area contributed by atoms with Crippen LogP contribution in [0.5, 0.6) is 0 Å². The molecule has 1 N–H and O–H groups in total. The summed E-state index contributed by atoms with van der Waals surface area (Å²) in [5.74, 6) is 0.484. The Balaban J connectivity index is 1.75. The number of aromatic nitrogens is 1. The molecule has 1 saturated heterocycles. The van der Waals surface area contributed by atoms with Crippen LogP contribution in [-0.2, 0) is 11.3 Å². The van der Waals surface area contributed by atoms with E-state index in [1.54, 1.807) is 6.20 Å². The number of carbonyl (C=O) groups is 1. The Morgan fingerprint density at radius 1 is 1.50 bits per heavy atom. The Bertz CT molecular complexity index is 471. The topological polar surface area (TPSA) is 54.5 Å². The van der Waals surface area contributed by atoms with Crippen molar-refractivity contribution in [2.75, 3.05) is 19.6 Å². The highest BCUT2D eigenvalue weighted by atomic mass is 16.6. The van der Waals surface area contributed by atoms with Crippen LogP contribution >= 0.6 is 0 Å². The molecule has 1 unspecified atom stereocenters. The minimum atomic E-state index is -0.441. The summed E-state index contributed by atoms with van der Waals surface area (Å²) in [5.41, 5.74) is 0.798. The monoisotopic (exact) mass is 305 g/mol. The van der Waals surface area contributed by atoms with Crippen molar-refractivity contribution in [3.05, 3.63) is 30.1 Å². The molecule has 1 fully saturated rings. The van der Waals surface area contributed by atoms with Crippen molar-refractivity contribution >= 4 is 6.09 Å². The number of ether oxygens (including phenoxy) is 1. The molecule has 0 aromatic carbocycles. The largest absolute Gasteiger partial charge is 0.444 e. The van der Waals surface area contributed by atoms with Gasteiger partial charge in [-0.25, -0.2) is 4.79 Å². The van der Waals surface area contributed by atoms with E-state index >= 15 is 0 Å². The lowest BCUT2D eigenvalue weighted by Crippen LogP contribution is -2.41. The summed E-state index contributed by atoms with van der Waals surface area (Å²) in [6, 6.07) is 4.08. The number of alkyl carbamates (subject to hydrolysis) is 1. The van der Waals surface area contributed by atoms with Crippen molar-refractivity contribution in [3.8, 4) is 0 Å². The van der Waals surface area contributed by atoms with Gasteiger partial charge in [0.2, 0.25) is 0 Å². The standard InChI is InChI=1S/C17H27N3O2/c1-17(2,3)22-16(21)19-11-15-7-5-9-20(13-15)12-14-6-4-8-18-10-14/h4,6,8,10,15H,5,7,9,11-13H2,1-3H3,(H,19,21). The summed E-state index contributed by atoms with van der Waals surface area (Å²) in [4.78, 5) is 18.3. The minimum absolute atomic E-state index is 0.322. The van der Waals surface area contributed by atoms with Crippen molar-refractivity contribution in [3.63, 3.8) is 0 Å². The highest BCUT2D eigenvalue weighted by Gasteiger charge is 2.22. The SMILES string of the molecule is CC(C)(C)OC(=O)NCC1CCCN(Cc2cccnc2)C1. The fourth-order valence-corrected chi connectivity index (χ4v) is 2.75. The number of rotatable bonds is 4. The zero-order valence-corrected chi connectivity index (χ0v) is 13.8. The van der Waals surface area contributed by atoms with Crippen LogP contribution in [0.3, 0.4) is 0 Å². The molecule has 2 rings (SSSR count). The molecule has 0 bridgehead atoms. The maximum atomic E-state index is 11.7. The van der Waals surface area contributed by atoms with E-state index in [0.717, 1.165) is 26.1 Å². The van der Waals surface area contributed by atoms with Crippen molar-refractivity contribution in [1.82, 2.24) is 15.2 Å². The van der Waals surface area contributed by atoms with Crippen molar-refractivity contribution < 1.29 is 9.53 Å². The first-order chi connectivity index (χ1) is 10.4. The van der Waals surface area contributed by atoms with Crippen LogP contribution in [0.1, 0.15) is 39.2 Å². The maximum absolute atomic E-state index is 11.7. The van der Waals surface area contributed by atoms with Crippen LogP contribution < -0.4 is 5.32 Å². The van der Waals surface area contributed by atoms with E-state index in [9.17, 15) is 4.79 Å². The average molecular weight is 305 g/mol. The number of nitrogens with zero attached hydrogens (tertiary/aromatic N) is 2. The van der Waals surface area contributed by atoms with Crippen molar-refractivity contribution in [2.45, 2.75) is 45.8 Å². The molecule has 1 amide bonds. The van der Waals surface area contributed by atoms with Crippen LogP contribution in [0.25, 0.3) is 0 Å². The summed E-state index contributed by atoms with van der Waals surface area (Å²) in [5, 5.41) is 2.89. The Morgan fingerprint density at radius 2 is 2.32 bits per heavy atom. The van der Waals surface area contributed by atoms with E-state index < -0.39 is 5.60 Å². The van der Waals surface area contributed by atoms with Crippen LogP contribution in [-0.4, -0.2) is 41.2 Å². The van der Waals surface area contributed by atoms with E-state index in [0.29, 0.717) is 12.5 Å². The summed E-state index contributed by atoms with van der Waals surface area (Å²) in [7, 11) is 0. The molecule has 2 heterocycles. The predicted molar refractivity (Wildman–Crippen MR) is 86.5 cm³/mol. The first-order valence-electron chi connectivity index (χ1n) is 8.00. The second kappa shape index (κ2) is 7.58. The molecule has 5 nitrogen and oxygen atoms in total. The molecule has 1 aliphatic rings. The van der Waals surface area contributed by atoms with Gasteiger partial charge < -0.3 is 10.1 Å². The van der Waals surface area contributed by atoms with E-state index in [-0.39, 0.29) is 6.09 Å². The third-order valence-electron chi connectivity index (χ3n) is 3.67. The smallest absolute Gasteiger partial charge is 0.407 e. The zero-order chi connectivity index (χ0) is 16.0. The van der Waals surface area contributed by atoms with Gasteiger partial charge in [-0.15, -0.1) is 0 Å². The zero-order valence-electron chi connectivity index (χ0n) is 13.8. The molecule has 1 aliphatic heterocycles. The van der Waals surface area contributed by atoms with Crippen LogP contribution in [0.2, 0.25) is 0 Å². The summed E-state index contributed by atoms with van der Waals surface area (Å²) < 4.78 is 5.28. The van der Waals surface area contributed by atoms with Crippen LogP contribution in [0, 0.1) is 5.92 Å². The third-order valence-corrected chi connectivity index (χ3v) is 3.67. The number of pyridine rings is 1. The molecule has 5 heteroatoms. The quantitative estimate of drug-likeness (QED) is 0.929. The first kappa shape index (κ1) is 16.7. The van der Waals surface area contributed by atoms with Crippen molar-refractivity contribution in [2.24, 2.45) is 5.92 Å². The van der Waals surface area contributed by atoms with Gasteiger partial charge in [0, 0.05) is 32.0 Å². The maximum Gasteiger partial charge on any atom is 0.407 e. The molecule has 0 spiro atoms. The molecular weight excluding hydrogens is 278 g/mol. The van der Waals surface area contributed by atoms with Gasteiger partial charge in [-0.3, -0.25) is 9.88 Å². The molecule has 0 radical (unpaired) electrons. The normalized spacial score (nSPS) is 19.7. The number of piperidine rings is 1. The first-order valence-corrected chi connectivity index (χ1v) is 8.00. The Hall–Kier alpha value is -1.62. The fraction of sp³-hybridized carbons (Fsp3) is 0.647. The Morgan fingerprint density at radius 3 is 3.00 bits per heavy atom. The lowest BCUT2D eigenvalue weighted by atomic mass is 9.97. The van der Waals surface area contributed by atoms with Gasteiger partial charge in [0.1, 0.15) is 5.60 Å². The van der Waals surface area contributed by atoms with Crippen LogP contribution in [0.15, 0.2) is 24.5 Å². The lowest BCUT2D eigenvalue weighted by Gasteiger charge is -2.33. The molecular formula is C17H27N3O2. The number of nitrogens with one attached hydrogen (secondary N) is 1. The van der Waals surface area contributed by atoms with Gasteiger partial charge in [-0.2, -0.15) is 0 Å². The number of likely N-dealkylation sites (tertiary alicyclic amines) is 1. The number of amides is 1. The molecule has 22 heavy (non-hydrogen) atoms. The van der Waals surface area contributed by atoms with E-state index in [2.05, 4.69) is 21.3 Å². The Kier molecular flexibility index (Phi) is 5.77. The summed E-state index contributed by atoms with van der Waals surface area (Å²) in [6.07, 6.45) is 5.72. The van der Waals surface area contributed by atoms with E-state index in [1.165, 1.54) is 12.0 Å². The van der Waals surface area contributed by atoms with Gasteiger partial charge in [0.15, 0.2) is 0 Å². The third kappa shape index (κ3) is 6.02. The lowest BCUT2D eigenvalue weighted by molar-refractivity contribution is 0.0506. The molecule has 0 aliphatic carbocycles. The van der Waals surface area contributed by atoms with Crippen LogP contribution in [0.4, 0.5) is 4.79 Å². The van der Waals surface area contributed by atoms with Gasteiger partial charge >= 0.3 is 6.09 Å². The number of hydrogen-bond acceptors (Lipinski definition) is 4. The van der Waals surface area contributed by atoms with Gasteiger partial charge in [0.25, 0.3) is 0 Å². The van der Waals surface area contributed by atoms with Crippen molar-refractivity contribution in [1.29, 1.82) is 0 Å². The second-order valence-electron chi connectivity index (χ2n) is 6.99. The molecule has 1 atom stereocenters. The molecule has 122 valence electrons. The second-order valence-corrected chi connectivity index (χ2v) is 6.99. The summed E-state index contributed by atoms with van der Waals surface area (Å²) in [6.45, 7) is 9.35. The number of carbonyl (C=O) groups excluding carboxylic acids is 1. The highest BCUT2D eigenvalue weighted by Crippen LogP contribution is 2.18. The van der Waals surface area contributed by atoms with Gasteiger partial charge in [-0.1, -0.05) is 6.07 Å². The molecule has 1 aromatic rings. The van der Waals surface area contributed by atoms with E-state index in [4.69, 9.17) is 4.74 Å². The minimum Gasteiger partial charge on any atom is -0.444 e. The fourth-order valence-electron chi connectivity index (χ4n) is 2.75. The average Bonchev–Trinajstić information content (AvgIpc) is 2.45. The molecule has 0 saturated carbocycles. The Labute approximate surface area is 133 Å². The van der Waals surface area contributed by atoms with Gasteiger partial charge in [0.05, 0.1) is 0 Å². The molecule has 1 aromatic heterocycles. The number of hydrogen-bond donors (Lipinski definition) is 1. The predicted octanol–water partition coefficient (Wildman–Crippen LogP) is 2.82. The van der Waals surface area contributed by atoms with Gasteiger partial charge in [-0.05, 0) is 57.7 Å². The summed E-state index contributed by atoms with van der Waals surface area (Å²) >= 11 is 0. The van der Waals surface area contributed by atoms with E-state index in [1.807, 2.05) is 33.0 Å². The highest BCUT2D eigenvalue weighted by molar-refractivity contribution is 5.67.